The largest absolute Gasteiger partial charge is 0.461 e. The summed E-state index contributed by atoms with van der Waals surface area (Å²) in [5.41, 5.74) is 2.57. The molecule has 1 heterocycles. The van der Waals surface area contributed by atoms with Crippen LogP contribution in [-0.2, 0) is 14.3 Å². The van der Waals surface area contributed by atoms with E-state index >= 15 is 0 Å². The molecule has 0 N–H and O–H groups in total. The Morgan fingerprint density at radius 1 is 0.941 bits per heavy atom. The van der Waals surface area contributed by atoms with Crippen molar-refractivity contribution in [3.8, 4) is 0 Å². The lowest BCUT2D eigenvalue weighted by Crippen LogP contribution is -2.47. The summed E-state index contributed by atoms with van der Waals surface area (Å²) >= 11 is 6.12. The van der Waals surface area contributed by atoms with E-state index in [2.05, 4.69) is 58.3 Å². The first kappa shape index (κ1) is 30.4. The minimum absolute atomic E-state index is 0. The fourth-order valence-electron chi connectivity index (χ4n) is 3.90. The van der Waals surface area contributed by atoms with E-state index in [1.165, 1.54) is 11.1 Å². The summed E-state index contributed by atoms with van der Waals surface area (Å²) in [5, 5.41) is 0.762. The van der Waals surface area contributed by atoms with Crippen LogP contribution < -0.4 is 0 Å². The molecule has 34 heavy (non-hydrogen) atoms. The van der Waals surface area contributed by atoms with Crippen molar-refractivity contribution in [2.45, 2.75) is 26.0 Å². The number of benzene rings is 2. The average molecular weight is 530 g/mol. The van der Waals surface area contributed by atoms with Gasteiger partial charge in [0.2, 0.25) is 0 Å². The van der Waals surface area contributed by atoms with Gasteiger partial charge in [-0.1, -0.05) is 66.2 Å². The zero-order valence-corrected chi connectivity index (χ0v) is 22.2. The fraction of sp³-hybridized carbons (Fsp3) is 0.423. The summed E-state index contributed by atoms with van der Waals surface area (Å²) in [6.45, 7) is 8.94. The fourth-order valence-corrected chi connectivity index (χ4v) is 4.02. The molecule has 0 unspecified atom stereocenters. The maximum Gasteiger partial charge on any atom is 0.332 e. The number of ether oxygens (including phenoxy) is 2. The average Bonchev–Trinajstić information content (AvgIpc) is 2.79. The van der Waals surface area contributed by atoms with Gasteiger partial charge in [-0.3, -0.25) is 9.80 Å². The number of hydrogen-bond acceptors (Lipinski definition) is 5. The molecule has 0 aliphatic carbocycles. The molecule has 1 saturated heterocycles. The predicted molar refractivity (Wildman–Crippen MR) is 143 cm³/mol. The van der Waals surface area contributed by atoms with E-state index in [1.54, 1.807) is 0 Å². The van der Waals surface area contributed by atoms with Gasteiger partial charge in [0.1, 0.15) is 6.61 Å². The Balaban J connectivity index is 0.00000289. The molecule has 3 rings (SSSR count). The smallest absolute Gasteiger partial charge is 0.332 e. The zero-order chi connectivity index (χ0) is 22.8. The van der Waals surface area contributed by atoms with Gasteiger partial charge in [-0.15, -0.1) is 24.8 Å². The van der Waals surface area contributed by atoms with E-state index in [-0.39, 0.29) is 49.5 Å². The molecule has 0 aromatic heterocycles. The first-order valence-electron chi connectivity index (χ1n) is 11.2. The van der Waals surface area contributed by atoms with Gasteiger partial charge in [0.05, 0.1) is 18.8 Å². The molecule has 0 amide bonds. The number of nitrogens with zero attached hydrogens (tertiary/aromatic N) is 2. The first-order chi connectivity index (χ1) is 15.5. The molecular formula is C26H35Cl3N2O3. The van der Waals surface area contributed by atoms with Crippen LogP contribution in [0.15, 0.2) is 66.7 Å². The predicted octanol–water partition coefficient (Wildman–Crippen LogP) is 5.42. The lowest BCUT2D eigenvalue weighted by molar-refractivity contribution is -0.152. The van der Waals surface area contributed by atoms with Crippen LogP contribution in [0.1, 0.15) is 31.0 Å². The third-order valence-corrected chi connectivity index (χ3v) is 5.66. The van der Waals surface area contributed by atoms with Crippen molar-refractivity contribution < 1.29 is 14.3 Å². The molecule has 5 nitrogen and oxygen atoms in total. The number of halogens is 3. The third-order valence-electron chi connectivity index (χ3n) is 5.40. The van der Waals surface area contributed by atoms with Gasteiger partial charge in [-0.2, -0.15) is 0 Å². The van der Waals surface area contributed by atoms with Crippen molar-refractivity contribution in [2.24, 2.45) is 0 Å². The molecule has 188 valence electrons. The highest BCUT2D eigenvalue weighted by Gasteiger charge is 2.26. The molecule has 0 radical (unpaired) electrons. The van der Waals surface area contributed by atoms with Crippen LogP contribution in [0.2, 0.25) is 5.02 Å². The molecule has 2 aromatic carbocycles. The van der Waals surface area contributed by atoms with E-state index in [1.807, 2.05) is 32.1 Å². The van der Waals surface area contributed by atoms with Crippen LogP contribution >= 0.6 is 36.4 Å². The highest BCUT2D eigenvalue weighted by Crippen LogP contribution is 2.30. The second-order valence-corrected chi connectivity index (χ2v) is 8.66. The Hall–Kier alpha value is -1.60. The van der Waals surface area contributed by atoms with Crippen LogP contribution in [0.3, 0.4) is 0 Å². The maximum atomic E-state index is 11.5. The van der Waals surface area contributed by atoms with Crippen LogP contribution in [0.5, 0.6) is 0 Å². The SMILES string of the molecule is CC(C)OC(=O)COC/C=C\CN1CCN([C@H](c2ccccc2)c2ccc(Cl)cc2)CC1.Cl.Cl. The minimum atomic E-state index is -0.321. The first-order valence-corrected chi connectivity index (χ1v) is 11.6. The highest BCUT2D eigenvalue weighted by atomic mass is 35.5. The van der Waals surface area contributed by atoms with Crippen molar-refractivity contribution in [1.29, 1.82) is 0 Å². The molecule has 1 aliphatic heterocycles. The number of piperazine rings is 1. The molecule has 1 atom stereocenters. The van der Waals surface area contributed by atoms with E-state index in [0.29, 0.717) is 6.61 Å². The summed E-state index contributed by atoms with van der Waals surface area (Å²) in [7, 11) is 0. The van der Waals surface area contributed by atoms with Gasteiger partial charge >= 0.3 is 5.97 Å². The lowest BCUT2D eigenvalue weighted by atomic mass is 9.96. The highest BCUT2D eigenvalue weighted by molar-refractivity contribution is 6.30. The van der Waals surface area contributed by atoms with E-state index in [4.69, 9.17) is 21.1 Å². The Kier molecular flexibility index (Phi) is 14.4. The van der Waals surface area contributed by atoms with Crippen LogP contribution in [0, 0.1) is 0 Å². The van der Waals surface area contributed by atoms with Gasteiger partial charge < -0.3 is 9.47 Å². The molecule has 1 aliphatic rings. The summed E-state index contributed by atoms with van der Waals surface area (Å²) < 4.78 is 10.4. The molecule has 0 saturated carbocycles. The van der Waals surface area contributed by atoms with E-state index in [0.717, 1.165) is 37.7 Å². The van der Waals surface area contributed by atoms with Crippen molar-refractivity contribution in [1.82, 2.24) is 9.80 Å². The van der Waals surface area contributed by atoms with Gasteiger partial charge in [0.15, 0.2) is 0 Å². The van der Waals surface area contributed by atoms with E-state index < -0.39 is 0 Å². The number of carbonyl (C=O) groups is 1. The van der Waals surface area contributed by atoms with Gasteiger partial charge in [-0.05, 0) is 37.1 Å². The minimum Gasteiger partial charge on any atom is -0.461 e. The van der Waals surface area contributed by atoms with Crippen molar-refractivity contribution in [3.05, 3.63) is 82.9 Å². The quantitative estimate of drug-likeness (QED) is 0.234. The van der Waals surface area contributed by atoms with Crippen molar-refractivity contribution in [2.75, 3.05) is 45.9 Å². The zero-order valence-electron chi connectivity index (χ0n) is 19.8. The maximum absolute atomic E-state index is 11.5. The van der Waals surface area contributed by atoms with Crippen LogP contribution in [0.25, 0.3) is 0 Å². The van der Waals surface area contributed by atoms with Crippen LogP contribution in [0.4, 0.5) is 0 Å². The Morgan fingerprint density at radius 3 is 2.18 bits per heavy atom. The third kappa shape index (κ3) is 9.95. The number of carbonyl (C=O) groups excluding carboxylic acids is 1. The Morgan fingerprint density at radius 2 is 1.56 bits per heavy atom. The molecule has 1 fully saturated rings. The number of hydrogen-bond donors (Lipinski definition) is 0. The Labute approximate surface area is 220 Å². The van der Waals surface area contributed by atoms with Gasteiger partial charge in [0, 0.05) is 37.7 Å². The number of esters is 1. The molecule has 8 heteroatoms. The summed E-state index contributed by atoms with van der Waals surface area (Å²) in [6, 6.07) is 19.1. The monoisotopic (exact) mass is 528 g/mol. The standard InChI is InChI=1S/C26H33ClN2O3.2ClH/c1-21(2)32-25(30)20-31-19-7-6-14-28-15-17-29(18-16-28)26(22-8-4-3-5-9-22)23-10-12-24(27)13-11-23;;/h3-13,21,26H,14-20H2,1-2H3;2*1H/b7-6-;;/t26-;;/m1../s1. The van der Waals surface area contributed by atoms with Gasteiger partial charge in [-0.25, -0.2) is 4.79 Å². The van der Waals surface area contributed by atoms with Crippen molar-refractivity contribution >= 4 is 42.4 Å². The molecule has 2 aromatic rings. The molecule has 0 spiro atoms. The molecular weight excluding hydrogens is 495 g/mol. The van der Waals surface area contributed by atoms with E-state index in [9.17, 15) is 4.79 Å². The van der Waals surface area contributed by atoms with Crippen LogP contribution in [-0.4, -0.2) is 67.8 Å². The number of rotatable bonds is 10. The topological polar surface area (TPSA) is 42.0 Å². The molecule has 0 bridgehead atoms. The van der Waals surface area contributed by atoms with Crippen molar-refractivity contribution in [3.63, 3.8) is 0 Å². The van der Waals surface area contributed by atoms with Gasteiger partial charge in [0.25, 0.3) is 0 Å². The summed E-state index contributed by atoms with van der Waals surface area (Å²) in [6.07, 6.45) is 3.97. The second-order valence-electron chi connectivity index (χ2n) is 8.23. The summed E-state index contributed by atoms with van der Waals surface area (Å²) in [5.74, 6) is -0.321. The second kappa shape index (κ2) is 16.1. The normalized spacial score (nSPS) is 15.5. The Bertz CT molecular complexity index is 855. The lowest BCUT2D eigenvalue weighted by Gasteiger charge is -2.39. The summed E-state index contributed by atoms with van der Waals surface area (Å²) in [4.78, 5) is 16.4.